The molecule has 0 aliphatic rings. The second kappa shape index (κ2) is 5.97. The molecule has 112 valence electrons. The number of hydrogen-bond donors (Lipinski definition) is 1. The van der Waals surface area contributed by atoms with Crippen LogP contribution >= 0.6 is 11.6 Å². The molecule has 0 radical (unpaired) electrons. The molecule has 8 heteroatoms. The molecule has 0 aliphatic carbocycles. The van der Waals surface area contributed by atoms with Gasteiger partial charge in [-0.2, -0.15) is 0 Å². The van der Waals surface area contributed by atoms with Crippen LogP contribution in [0.5, 0.6) is 5.75 Å². The van der Waals surface area contributed by atoms with Gasteiger partial charge in [-0.15, -0.1) is 0 Å². The monoisotopic (exact) mass is 333 g/mol. The van der Waals surface area contributed by atoms with Crippen LogP contribution in [-0.2, 0) is 16.6 Å². The van der Waals surface area contributed by atoms with Gasteiger partial charge in [0, 0.05) is 5.02 Å². The summed E-state index contributed by atoms with van der Waals surface area (Å²) in [6.07, 6.45) is 0. The summed E-state index contributed by atoms with van der Waals surface area (Å²) < 4.78 is 55.0. The Bertz CT molecular complexity index is 761. The van der Waals surface area contributed by atoms with E-state index in [9.17, 15) is 17.2 Å². The van der Waals surface area contributed by atoms with Crippen molar-refractivity contribution in [1.82, 2.24) is 0 Å². The van der Waals surface area contributed by atoms with Crippen molar-refractivity contribution in [3.63, 3.8) is 0 Å². The van der Waals surface area contributed by atoms with Crippen molar-refractivity contribution in [2.24, 2.45) is 5.14 Å². The van der Waals surface area contributed by atoms with Gasteiger partial charge in [0.15, 0.2) is 0 Å². The Morgan fingerprint density at radius 1 is 1.14 bits per heavy atom. The van der Waals surface area contributed by atoms with Gasteiger partial charge in [-0.25, -0.2) is 22.3 Å². The average molecular weight is 334 g/mol. The summed E-state index contributed by atoms with van der Waals surface area (Å²) in [4.78, 5) is -0.355. The number of sulfonamides is 1. The molecule has 0 fully saturated rings. The van der Waals surface area contributed by atoms with Crippen molar-refractivity contribution < 1.29 is 21.9 Å². The predicted octanol–water partition coefficient (Wildman–Crippen LogP) is 2.84. The van der Waals surface area contributed by atoms with Crippen molar-refractivity contribution in [3.05, 3.63) is 58.6 Å². The van der Waals surface area contributed by atoms with Gasteiger partial charge in [-0.1, -0.05) is 17.7 Å². The van der Waals surface area contributed by atoms with Gasteiger partial charge in [0.25, 0.3) is 0 Å². The fourth-order valence-electron chi connectivity index (χ4n) is 1.64. The van der Waals surface area contributed by atoms with Crippen LogP contribution in [0, 0.1) is 11.6 Å². The average Bonchev–Trinajstić information content (AvgIpc) is 2.38. The maximum atomic E-state index is 13.5. The molecule has 2 aromatic rings. The summed E-state index contributed by atoms with van der Waals surface area (Å²) in [5.74, 6) is -1.72. The first kappa shape index (κ1) is 15.7. The van der Waals surface area contributed by atoms with E-state index in [1.54, 1.807) is 0 Å². The van der Waals surface area contributed by atoms with Crippen molar-refractivity contribution in [2.75, 3.05) is 0 Å². The second-order valence-electron chi connectivity index (χ2n) is 4.12. The number of halogens is 3. The summed E-state index contributed by atoms with van der Waals surface area (Å²) in [6.45, 7) is -0.483. The number of ether oxygens (including phenoxy) is 1. The molecule has 4 nitrogen and oxygen atoms in total. The Morgan fingerprint density at radius 2 is 1.76 bits per heavy atom. The van der Waals surface area contributed by atoms with Crippen LogP contribution in [0.25, 0.3) is 0 Å². The fourth-order valence-corrected chi connectivity index (χ4v) is 2.58. The van der Waals surface area contributed by atoms with Crippen LogP contribution < -0.4 is 9.88 Å². The quantitative estimate of drug-likeness (QED) is 0.935. The molecule has 0 saturated carbocycles. The minimum Gasteiger partial charge on any atom is -0.487 e. The van der Waals surface area contributed by atoms with Crippen molar-refractivity contribution >= 4 is 21.6 Å². The van der Waals surface area contributed by atoms with E-state index < -0.39 is 28.3 Å². The van der Waals surface area contributed by atoms with Gasteiger partial charge < -0.3 is 4.74 Å². The fraction of sp³-hybridized carbons (Fsp3) is 0.0769. The van der Waals surface area contributed by atoms with Crippen LogP contribution in [-0.4, -0.2) is 8.42 Å². The molecule has 2 rings (SSSR count). The van der Waals surface area contributed by atoms with Crippen LogP contribution in [0.2, 0.25) is 5.02 Å². The van der Waals surface area contributed by atoms with Crippen LogP contribution in [0.15, 0.2) is 41.3 Å². The summed E-state index contributed by atoms with van der Waals surface area (Å²) in [5.41, 5.74) is -0.312. The van der Waals surface area contributed by atoms with Crippen molar-refractivity contribution in [2.45, 2.75) is 11.5 Å². The standard InChI is InChI=1S/C13H10ClF2NO3S/c14-8-4-5-12(13(6-8)21(17,18)19)20-7-9-10(15)2-1-3-11(9)16/h1-6H,7H2,(H2,17,18,19). The van der Waals surface area contributed by atoms with Crippen LogP contribution in [0.1, 0.15) is 5.56 Å². The highest BCUT2D eigenvalue weighted by atomic mass is 35.5. The van der Waals surface area contributed by atoms with Crippen LogP contribution in [0.3, 0.4) is 0 Å². The van der Waals surface area contributed by atoms with Gasteiger partial charge in [0.2, 0.25) is 10.0 Å². The molecule has 0 aliphatic heterocycles. The highest BCUT2D eigenvalue weighted by Gasteiger charge is 2.17. The second-order valence-corrected chi connectivity index (χ2v) is 6.09. The largest absolute Gasteiger partial charge is 0.487 e. The molecule has 0 bridgehead atoms. The van der Waals surface area contributed by atoms with E-state index in [-0.39, 0.29) is 21.2 Å². The normalized spacial score (nSPS) is 11.4. The molecule has 0 amide bonds. The molecule has 0 spiro atoms. The lowest BCUT2D eigenvalue weighted by Crippen LogP contribution is -2.14. The Kier molecular flexibility index (Phi) is 4.46. The lowest BCUT2D eigenvalue weighted by molar-refractivity contribution is 0.285. The first-order chi connectivity index (χ1) is 9.79. The van der Waals surface area contributed by atoms with Gasteiger partial charge in [0.1, 0.15) is 28.9 Å². The molecule has 0 atom stereocenters. The minimum atomic E-state index is -4.08. The summed E-state index contributed by atoms with van der Waals surface area (Å²) in [6, 6.07) is 7.11. The topological polar surface area (TPSA) is 69.4 Å². The number of rotatable bonds is 4. The smallest absolute Gasteiger partial charge is 0.241 e. The molecule has 0 unspecified atom stereocenters. The number of primary sulfonamides is 1. The lowest BCUT2D eigenvalue weighted by Gasteiger charge is -2.11. The van der Waals surface area contributed by atoms with Gasteiger partial charge in [-0.3, -0.25) is 0 Å². The van der Waals surface area contributed by atoms with E-state index in [4.69, 9.17) is 21.5 Å². The van der Waals surface area contributed by atoms with E-state index in [0.717, 1.165) is 18.2 Å². The SMILES string of the molecule is NS(=O)(=O)c1cc(Cl)ccc1OCc1c(F)cccc1F. The van der Waals surface area contributed by atoms with E-state index in [0.29, 0.717) is 0 Å². The zero-order valence-corrected chi connectivity index (χ0v) is 12.1. The summed E-state index contributed by atoms with van der Waals surface area (Å²) in [5, 5.41) is 5.18. The highest BCUT2D eigenvalue weighted by Crippen LogP contribution is 2.27. The summed E-state index contributed by atoms with van der Waals surface area (Å²) >= 11 is 5.69. The molecule has 2 N–H and O–H groups in total. The Labute approximate surface area is 125 Å². The summed E-state index contributed by atoms with van der Waals surface area (Å²) in [7, 11) is -4.08. The third-order valence-electron chi connectivity index (χ3n) is 2.65. The van der Waals surface area contributed by atoms with E-state index >= 15 is 0 Å². The molecule has 0 heterocycles. The number of nitrogens with two attached hydrogens (primary N) is 1. The highest BCUT2D eigenvalue weighted by molar-refractivity contribution is 7.89. The van der Waals surface area contributed by atoms with Crippen molar-refractivity contribution in [1.29, 1.82) is 0 Å². The molecule has 0 saturated heterocycles. The maximum absolute atomic E-state index is 13.5. The zero-order chi connectivity index (χ0) is 15.6. The Morgan fingerprint density at radius 3 is 2.33 bits per heavy atom. The van der Waals surface area contributed by atoms with Crippen LogP contribution in [0.4, 0.5) is 8.78 Å². The number of hydrogen-bond acceptors (Lipinski definition) is 3. The molecular formula is C13H10ClF2NO3S. The third kappa shape index (κ3) is 3.69. The Balaban J connectivity index is 2.33. The number of benzene rings is 2. The van der Waals surface area contributed by atoms with Gasteiger partial charge in [0.05, 0.1) is 5.56 Å². The maximum Gasteiger partial charge on any atom is 0.241 e. The van der Waals surface area contributed by atoms with Gasteiger partial charge in [-0.05, 0) is 30.3 Å². The molecule has 21 heavy (non-hydrogen) atoms. The van der Waals surface area contributed by atoms with E-state index in [1.807, 2.05) is 0 Å². The van der Waals surface area contributed by atoms with Gasteiger partial charge >= 0.3 is 0 Å². The predicted molar refractivity (Wildman–Crippen MR) is 73.5 cm³/mol. The Hall–Kier alpha value is -1.70. The van der Waals surface area contributed by atoms with Crippen molar-refractivity contribution in [3.8, 4) is 5.75 Å². The van der Waals surface area contributed by atoms with E-state index in [2.05, 4.69) is 0 Å². The van der Waals surface area contributed by atoms with E-state index in [1.165, 1.54) is 18.2 Å². The zero-order valence-electron chi connectivity index (χ0n) is 10.5. The first-order valence-corrected chi connectivity index (χ1v) is 7.59. The lowest BCUT2D eigenvalue weighted by atomic mass is 10.2. The third-order valence-corrected chi connectivity index (χ3v) is 3.81. The molecule has 2 aromatic carbocycles. The first-order valence-electron chi connectivity index (χ1n) is 5.67. The molecular weight excluding hydrogens is 324 g/mol. The molecule has 0 aromatic heterocycles. The minimum absolute atomic E-state index is 0.135.